The van der Waals surface area contributed by atoms with Gasteiger partial charge < -0.3 is 5.73 Å². The number of halogens is 3. The first-order valence-corrected chi connectivity index (χ1v) is 7.57. The van der Waals surface area contributed by atoms with Gasteiger partial charge in [0.05, 0.1) is 15.7 Å². The van der Waals surface area contributed by atoms with Crippen LogP contribution in [0, 0.1) is 5.82 Å². The van der Waals surface area contributed by atoms with Crippen LogP contribution < -0.4 is 10.5 Å². The summed E-state index contributed by atoms with van der Waals surface area (Å²) >= 11 is 11.6. The minimum absolute atomic E-state index is 0.0857. The molecule has 0 radical (unpaired) electrons. The minimum Gasteiger partial charge on any atom is -0.399 e. The van der Waals surface area contributed by atoms with E-state index in [0.717, 1.165) is 6.07 Å². The molecule has 0 amide bonds. The van der Waals surface area contributed by atoms with Crippen LogP contribution in [0.1, 0.15) is 0 Å². The van der Waals surface area contributed by atoms with Crippen molar-refractivity contribution in [2.75, 3.05) is 10.5 Å². The summed E-state index contributed by atoms with van der Waals surface area (Å²) < 4.78 is 40.0. The summed E-state index contributed by atoms with van der Waals surface area (Å²) in [6.45, 7) is 0. The van der Waals surface area contributed by atoms with Crippen LogP contribution in [-0.4, -0.2) is 8.42 Å². The predicted octanol–water partition coefficient (Wildman–Crippen LogP) is 3.52. The van der Waals surface area contributed by atoms with Crippen LogP contribution in [0.15, 0.2) is 41.3 Å². The fraction of sp³-hybridized carbons (Fsp3) is 0. The van der Waals surface area contributed by atoms with Gasteiger partial charge in [0, 0.05) is 5.69 Å². The molecule has 0 atom stereocenters. The second-order valence-electron chi connectivity index (χ2n) is 3.90. The van der Waals surface area contributed by atoms with Gasteiger partial charge in [0.2, 0.25) is 0 Å². The molecule has 2 rings (SSSR count). The van der Waals surface area contributed by atoms with E-state index in [-0.39, 0.29) is 26.3 Å². The predicted molar refractivity (Wildman–Crippen MR) is 78.1 cm³/mol. The average Bonchev–Trinajstić information content (AvgIpc) is 2.36. The Morgan fingerprint density at radius 3 is 2.55 bits per heavy atom. The Bertz CT molecular complexity index is 766. The quantitative estimate of drug-likeness (QED) is 0.843. The third kappa shape index (κ3) is 2.98. The Labute approximate surface area is 125 Å². The van der Waals surface area contributed by atoms with Gasteiger partial charge in [-0.25, -0.2) is 12.8 Å². The molecule has 20 heavy (non-hydrogen) atoms. The Balaban J connectivity index is 2.46. The summed E-state index contributed by atoms with van der Waals surface area (Å²) in [7, 11) is -4.07. The number of anilines is 2. The van der Waals surface area contributed by atoms with E-state index in [0.29, 0.717) is 0 Å². The zero-order valence-electron chi connectivity index (χ0n) is 9.90. The van der Waals surface area contributed by atoms with Gasteiger partial charge in [-0.15, -0.1) is 0 Å². The third-order valence-electron chi connectivity index (χ3n) is 2.44. The van der Waals surface area contributed by atoms with Crippen LogP contribution >= 0.6 is 23.2 Å². The van der Waals surface area contributed by atoms with Crippen LogP contribution in [0.5, 0.6) is 0 Å². The molecule has 106 valence electrons. The SMILES string of the molecule is Nc1ccc(F)c(NS(=O)(=O)c2cccc(Cl)c2Cl)c1. The van der Waals surface area contributed by atoms with Gasteiger partial charge >= 0.3 is 0 Å². The molecule has 0 fully saturated rings. The maximum atomic E-state index is 13.6. The molecule has 0 aliphatic heterocycles. The molecule has 0 heterocycles. The third-order valence-corrected chi connectivity index (χ3v) is 4.78. The summed E-state index contributed by atoms with van der Waals surface area (Å²) in [5.41, 5.74) is 5.45. The smallest absolute Gasteiger partial charge is 0.263 e. The molecule has 2 aromatic carbocycles. The van der Waals surface area contributed by atoms with E-state index >= 15 is 0 Å². The van der Waals surface area contributed by atoms with Crippen LogP contribution in [0.3, 0.4) is 0 Å². The van der Waals surface area contributed by atoms with Crippen molar-refractivity contribution in [1.82, 2.24) is 0 Å². The summed E-state index contributed by atoms with van der Waals surface area (Å²) in [6.07, 6.45) is 0. The number of nitrogens with two attached hydrogens (primary N) is 1. The molecule has 3 N–H and O–H groups in total. The summed E-state index contributed by atoms with van der Waals surface area (Å²) in [4.78, 5) is -0.242. The van der Waals surface area contributed by atoms with Crippen LogP contribution in [0.2, 0.25) is 10.0 Å². The number of rotatable bonds is 3. The number of nitrogen functional groups attached to an aromatic ring is 1. The topological polar surface area (TPSA) is 72.2 Å². The molecule has 0 aliphatic rings. The van der Waals surface area contributed by atoms with Gasteiger partial charge in [-0.1, -0.05) is 29.3 Å². The first-order chi connectivity index (χ1) is 9.31. The summed E-state index contributed by atoms with van der Waals surface area (Å²) in [6, 6.07) is 7.70. The van der Waals surface area contributed by atoms with Gasteiger partial charge in [0.25, 0.3) is 10.0 Å². The normalized spacial score (nSPS) is 11.3. The maximum Gasteiger partial charge on any atom is 0.263 e. The largest absolute Gasteiger partial charge is 0.399 e. The van der Waals surface area contributed by atoms with Crippen molar-refractivity contribution >= 4 is 44.6 Å². The number of sulfonamides is 1. The van der Waals surface area contributed by atoms with E-state index in [1.54, 1.807) is 0 Å². The molecule has 8 heteroatoms. The summed E-state index contributed by atoms with van der Waals surface area (Å²) in [5.74, 6) is -0.749. The summed E-state index contributed by atoms with van der Waals surface area (Å²) in [5, 5.41) is -0.0476. The van der Waals surface area contributed by atoms with E-state index < -0.39 is 15.8 Å². The van der Waals surface area contributed by atoms with Gasteiger partial charge in [-0.05, 0) is 30.3 Å². The highest BCUT2D eigenvalue weighted by Gasteiger charge is 2.21. The first-order valence-electron chi connectivity index (χ1n) is 5.33. The molecule has 0 saturated carbocycles. The number of benzene rings is 2. The standard InChI is InChI=1S/C12H9Cl2FN2O2S/c13-8-2-1-3-11(12(8)14)20(18,19)17-10-6-7(16)4-5-9(10)15/h1-6,17H,16H2. The second kappa shape index (κ2) is 5.47. The molecule has 0 saturated heterocycles. The van der Waals surface area contributed by atoms with Crippen molar-refractivity contribution in [1.29, 1.82) is 0 Å². The van der Waals surface area contributed by atoms with Crippen molar-refractivity contribution < 1.29 is 12.8 Å². The first kappa shape index (κ1) is 14.9. The lowest BCUT2D eigenvalue weighted by atomic mass is 10.3. The molecule has 0 aliphatic carbocycles. The molecule has 0 unspecified atom stereocenters. The van der Waals surface area contributed by atoms with Crippen LogP contribution in [0.25, 0.3) is 0 Å². The lowest BCUT2D eigenvalue weighted by Gasteiger charge is -2.11. The van der Waals surface area contributed by atoms with Gasteiger partial charge in [-0.2, -0.15) is 0 Å². The Kier molecular flexibility index (Phi) is 4.08. The van der Waals surface area contributed by atoms with E-state index in [4.69, 9.17) is 28.9 Å². The van der Waals surface area contributed by atoms with E-state index in [2.05, 4.69) is 4.72 Å². The zero-order chi connectivity index (χ0) is 14.9. The fourth-order valence-electron chi connectivity index (χ4n) is 1.51. The molecular formula is C12H9Cl2FN2O2S. The van der Waals surface area contributed by atoms with Crippen molar-refractivity contribution in [3.05, 3.63) is 52.3 Å². The molecule has 4 nitrogen and oxygen atoms in total. The number of hydrogen-bond acceptors (Lipinski definition) is 3. The minimum atomic E-state index is -4.07. The molecule has 0 spiro atoms. The Morgan fingerprint density at radius 2 is 1.85 bits per heavy atom. The second-order valence-corrected chi connectivity index (χ2v) is 6.33. The number of hydrogen-bond donors (Lipinski definition) is 2. The average molecular weight is 335 g/mol. The van der Waals surface area contributed by atoms with Crippen molar-refractivity contribution in [3.8, 4) is 0 Å². The van der Waals surface area contributed by atoms with Gasteiger partial charge in [0.1, 0.15) is 10.7 Å². The maximum absolute atomic E-state index is 13.6. The van der Waals surface area contributed by atoms with Crippen LogP contribution in [-0.2, 0) is 10.0 Å². The van der Waals surface area contributed by atoms with Crippen LogP contribution in [0.4, 0.5) is 15.8 Å². The highest BCUT2D eigenvalue weighted by atomic mass is 35.5. The molecule has 2 aromatic rings. The molecule has 0 bridgehead atoms. The number of nitrogens with one attached hydrogen (secondary N) is 1. The van der Waals surface area contributed by atoms with Gasteiger partial charge in [-0.3, -0.25) is 4.72 Å². The fourth-order valence-corrected chi connectivity index (χ4v) is 3.33. The van der Waals surface area contributed by atoms with Crippen molar-refractivity contribution in [3.63, 3.8) is 0 Å². The highest BCUT2D eigenvalue weighted by Crippen LogP contribution is 2.30. The Morgan fingerprint density at radius 1 is 1.15 bits per heavy atom. The van der Waals surface area contributed by atoms with E-state index in [9.17, 15) is 12.8 Å². The van der Waals surface area contributed by atoms with E-state index in [1.165, 1.54) is 30.3 Å². The highest BCUT2D eigenvalue weighted by molar-refractivity contribution is 7.92. The lowest BCUT2D eigenvalue weighted by molar-refractivity contribution is 0.598. The van der Waals surface area contributed by atoms with Crippen molar-refractivity contribution in [2.45, 2.75) is 4.90 Å². The molecular weight excluding hydrogens is 326 g/mol. The van der Waals surface area contributed by atoms with Gasteiger partial charge in [0.15, 0.2) is 0 Å². The zero-order valence-corrected chi connectivity index (χ0v) is 12.2. The monoisotopic (exact) mass is 334 g/mol. The Hall–Kier alpha value is -1.50. The van der Waals surface area contributed by atoms with Crippen molar-refractivity contribution in [2.24, 2.45) is 0 Å². The molecule has 0 aromatic heterocycles. The lowest BCUT2D eigenvalue weighted by Crippen LogP contribution is -2.14. The van der Waals surface area contributed by atoms with E-state index in [1.807, 2.05) is 0 Å².